The van der Waals surface area contributed by atoms with Gasteiger partial charge in [0.2, 0.25) is 0 Å². The Morgan fingerprint density at radius 1 is 0.955 bits per heavy atom. The Morgan fingerprint density at radius 2 is 1.73 bits per heavy atom. The van der Waals surface area contributed by atoms with Crippen LogP contribution >= 0.6 is 0 Å². The molecule has 0 aromatic rings. The van der Waals surface area contributed by atoms with Gasteiger partial charge in [-0.05, 0) is 97.2 Å². The smallest absolute Gasteiger partial charge is 0.0320 e. The highest BCUT2D eigenvalue weighted by atomic mass is 14.7. The fraction of sp³-hybridized carbons (Fsp3) is 1.00. The molecular formula is C22H38. The van der Waals surface area contributed by atoms with Crippen LogP contribution in [0, 0.1) is 58.7 Å². The minimum absolute atomic E-state index is 0.697. The van der Waals surface area contributed by atoms with Crippen molar-refractivity contribution < 1.29 is 0 Å². The zero-order valence-corrected chi connectivity index (χ0v) is 15.6. The molecule has 0 aromatic heterocycles. The molecular weight excluding hydrogens is 264 g/mol. The Bertz CT molecular complexity index is 420. The molecule has 8 atom stereocenters. The van der Waals surface area contributed by atoms with Gasteiger partial charge in [-0.3, -0.25) is 0 Å². The molecule has 4 saturated carbocycles. The van der Waals surface area contributed by atoms with Gasteiger partial charge in [0, 0.05) is 0 Å². The third-order valence-electron chi connectivity index (χ3n) is 8.44. The van der Waals surface area contributed by atoms with Gasteiger partial charge in [0.05, 0.1) is 0 Å². The van der Waals surface area contributed by atoms with E-state index in [1.54, 1.807) is 25.7 Å². The van der Waals surface area contributed by atoms with Crippen LogP contribution in [0.1, 0.15) is 79.6 Å². The van der Waals surface area contributed by atoms with Gasteiger partial charge in [-0.2, -0.15) is 0 Å². The number of hydrogen-bond acceptors (Lipinski definition) is 0. The van der Waals surface area contributed by atoms with E-state index in [-0.39, 0.29) is 0 Å². The highest BCUT2D eigenvalue weighted by Crippen LogP contribution is 2.68. The van der Waals surface area contributed by atoms with Gasteiger partial charge >= 0.3 is 0 Å². The summed E-state index contributed by atoms with van der Waals surface area (Å²) in [5, 5.41) is 0. The van der Waals surface area contributed by atoms with Crippen LogP contribution in [0.15, 0.2) is 0 Å². The summed E-state index contributed by atoms with van der Waals surface area (Å²) in [5.41, 5.74) is 0.697. The molecule has 0 spiro atoms. The van der Waals surface area contributed by atoms with Crippen LogP contribution in [-0.2, 0) is 0 Å². The number of rotatable bonds is 7. The molecule has 0 saturated heterocycles. The Morgan fingerprint density at radius 3 is 2.32 bits per heavy atom. The van der Waals surface area contributed by atoms with Gasteiger partial charge in [-0.25, -0.2) is 0 Å². The molecule has 0 amide bonds. The molecule has 0 N–H and O–H groups in total. The van der Waals surface area contributed by atoms with Crippen molar-refractivity contribution in [3.8, 4) is 0 Å². The molecule has 22 heavy (non-hydrogen) atoms. The first kappa shape index (κ1) is 15.5. The lowest BCUT2D eigenvalue weighted by molar-refractivity contribution is -0.147. The zero-order chi connectivity index (χ0) is 15.6. The topological polar surface area (TPSA) is 0 Å². The molecule has 0 nitrogen and oxygen atoms in total. The van der Waals surface area contributed by atoms with E-state index in [1.807, 2.05) is 0 Å². The summed E-state index contributed by atoms with van der Waals surface area (Å²) in [4.78, 5) is 0. The van der Waals surface area contributed by atoms with Crippen molar-refractivity contribution in [1.82, 2.24) is 0 Å². The lowest BCUT2D eigenvalue weighted by Crippen LogP contribution is -2.56. The molecule has 0 heterocycles. The van der Waals surface area contributed by atoms with Crippen molar-refractivity contribution in [2.45, 2.75) is 79.6 Å². The summed E-state index contributed by atoms with van der Waals surface area (Å²) in [6.07, 6.45) is 10.8. The molecule has 4 fully saturated rings. The highest BCUT2D eigenvalue weighted by molar-refractivity contribution is 5.10. The Balaban J connectivity index is 1.13. The molecule has 4 aliphatic rings. The van der Waals surface area contributed by atoms with Gasteiger partial charge in [0.1, 0.15) is 0 Å². The summed E-state index contributed by atoms with van der Waals surface area (Å²) >= 11 is 0. The van der Waals surface area contributed by atoms with E-state index in [2.05, 4.69) is 34.6 Å². The minimum Gasteiger partial charge on any atom is -0.0628 e. The highest BCUT2D eigenvalue weighted by Gasteiger charge is 2.61. The van der Waals surface area contributed by atoms with E-state index in [1.165, 1.54) is 31.1 Å². The second-order valence-electron chi connectivity index (χ2n) is 10.9. The fourth-order valence-corrected chi connectivity index (χ4v) is 7.02. The van der Waals surface area contributed by atoms with E-state index in [4.69, 9.17) is 0 Å². The fourth-order valence-electron chi connectivity index (χ4n) is 7.02. The monoisotopic (exact) mass is 302 g/mol. The zero-order valence-electron chi connectivity index (χ0n) is 15.6. The third kappa shape index (κ3) is 2.48. The van der Waals surface area contributed by atoms with Gasteiger partial charge in [0.15, 0.2) is 0 Å². The Labute approximate surface area is 138 Å². The normalized spacial score (nSPS) is 48.5. The van der Waals surface area contributed by atoms with E-state index in [0.717, 1.165) is 41.4 Å². The predicted octanol–water partition coefficient (Wildman–Crippen LogP) is 6.40. The lowest BCUT2D eigenvalue weighted by Gasteiger charge is -2.64. The second-order valence-corrected chi connectivity index (χ2v) is 10.9. The molecule has 8 unspecified atom stereocenters. The third-order valence-corrected chi connectivity index (χ3v) is 8.44. The van der Waals surface area contributed by atoms with Gasteiger partial charge < -0.3 is 0 Å². The maximum Gasteiger partial charge on any atom is -0.0320 e. The summed E-state index contributed by atoms with van der Waals surface area (Å²) < 4.78 is 0. The molecule has 126 valence electrons. The molecule has 0 bridgehead atoms. The SMILES string of the molecule is CC(C)CC1C2CC(CCC(C)CC3CC4C3CC4(C)C)C12. The van der Waals surface area contributed by atoms with Crippen molar-refractivity contribution in [1.29, 1.82) is 0 Å². The predicted molar refractivity (Wildman–Crippen MR) is 94.5 cm³/mol. The lowest BCUT2D eigenvalue weighted by atomic mass is 9.41. The summed E-state index contributed by atoms with van der Waals surface area (Å²) in [5.74, 6) is 9.88. The maximum atomic E-state index is 2.55. The average molecular weight is 303 g/mol. The van der Waals surface area contributed by atoms with Crippen LogP contribution < -0.4 is 0 Å². The maximum absolute atomic E-state index is 2.55. The molecule has 0 heteroatoms. The standard InChI is InChI=1S/C22H38/c1-13(2)8-17-18-10-15(21(17)18)7-6-14(3)9-16-11-20-19(16)12-22(20,4)5/h13-21H,6-12H2,1-5H3. The average Bonchev–Trinajstić information content (AvgIpc) is 2.93. The van der Waals surface area contributed by atoms with Gasteiger partial charge in [0.25, 0.3) is 0 Å². The molecule has 0 aromatic carbocycles. The van der Waals surface area contributed by atoms with Crippen LogP contribution in [-0.4, -0.2) is 0 Å². The van der Waals surface area contributed by atoms with Crippen molar-refractivity contribution in [2.24, 2.45) is 58.7 Å². The van der Waals surface area contributed by atoms with Crippen LogP contribution in [0.25, 0.3) is 0 Å². The molecule has 0 aliphatic heterocycles. The molecule has 4 aliphatic carbocycles. The van der Waals surface area contributed by atoms with Gasteiger partial charge in [-0.1, -0.05) is 41.0 Å². The van der Waals surface area contributed by atoms with E-state index >= 15 is 0 Å². The first-order chi connectivity index (χ1) is 10.4. The van der Waals surface area contributed by atoms with Crippen molar-refractivity contribution in [3.63, 3.8) is 0 Å². The summed E-state index contributed by atoms with van der Waals surface area (Å²) in [7, 11) is 0. The summed E-state index contributed by atoms with van der Waals surface area (Å²) in [6.45, 7) is 12.3. The number of fused-ring (bicyclic) bond motifs is 2. The van der Waals surface area contributed by atoms with Gasteiger partial charge in [-0.15, -0.1) is 0 Å². The first-order valence-corrected chi connectivity index (χ1v) is 10.4. The Kier molecular flexibility index (Phi) is 3.70. The second kappa shape index (κ2) is 5.25. The van der Waals surface area contributed by atoms with Crippen molar-refractivity contribution in [3.05, 3.63) is 0 Å². The van der Waals surface area contributed by atoms with Crippen LogP contribution in [0.2, 0.25) is 0 Å². The first-order valence-electron chi connectivity index (χ1n) is 10.4. The molecule has 0 radical (unpaired) electrons. The van der Waals surface area contributed by atoms with Crippen LogP contribution in [0.3, 0.4) is 0 Å². The van der Waals surface area contributed by atoms with Crippen molar-refractivity contribution >= 4 is 0 Å². The van der Waals surface area contributed by atoms with Crippen LogP contribution in [0.5, 0.6) is 0 Å². The van der Waals surface area contributed by atoms with Crippen LogP contribution in [0.4, 0.5) is 0 Å². The largest absolute Gasteiger partial charge is 0.0628 e. The van der Waals surface area contributed by atoms with E-state index in [9.17, 15) is 0 Å². The van der Waals surface area contributed by atoms with Crippen molar-refractivity contribution in [2.75, 3.05) is 0 Å². The minimum atomic E-state index is 0.697. The number of hydrogen-bond donors (Lipinski definition) is 0. The Hall–Kier alpha value is 0. The molecule has 4 rings (SSSR count). The van der Waals surface area contributed by atoms with E-state index < -0.39 is 0 Å². The van der Waals surface area contributed by atoms with E-state index in [0.29, 0.717) is 5.41 Å². The summed E-state index contributed by atoms with van der Waals surface area (Å²) in [6, 6.07) is 0. The quantitative estimate of drug-likeness (QED) is 0.510.